The number of fused-ring (bicyclic) bond motifs is 1. The zero-order valence-electron chi connectivity index (χ0n) is 20.1. The van der Waals surface area contributed by atoms with Gasteiger partial charge in [-0.2, -0.15) is 0 Å². The normalized spacial score (nSPS) is 12.8. The van der Waals surface area contributed by atoms with E-state index in [2.05, 4.69) is 5.32 Å². The topological polar surface area (TPSA) is 111 Å². The number of rotatable bonds is 7. The van der Waals surface area contributed by atoms with Crippen LogP contribution in [0.25, 0.3) is 0 Å². The molecule has 0 aliphatic carbocycles. The monoisotopic (exact) mass is 566 g/mol. The van der Waals surface area contributed by atoms with Crippen LogP contribution in [-0.2, 0) is 14.8 Å². The molecular formula is C25H21ClF2N2O7S. The number of methoxy groups -OCH3 is 1. The molecule has 1 heterocycles. The second-order valence-corrected chi connectivity index (χ2v) is 10.2. The molecule has 0 atom stereocenters. The number of esters is 1. The highest BCUT2D eigenvalue weighted by Gasteiger charge is 2.35. The number of carbonyl (C=O) groups is 2. The summed E-state index contributed by atoms with van der Waals surface area (Å²) in [7, 11) is -3.04. The van der Waals surface area contributed by atoms with Crippen LogP contribution in [0, 0.1) is 11.6 Å². The van der Waals surface area contributed by atoms with E-state index in [1.165, 1.54) is 31.4 Å². The van der Waals surface area contributed by atoms with E-state index in [1.54, 1.807) is 6.92 Å². The van der Waals surface area contributed by atoms with E-state index in [0.29, 0.717) is 0 Å². The molecule has 4 rings (SSSR count). The fourth-order valence-electron chi connectivity index (χ4n) is 3.78. The lowest BCUT2D eigenvalue weighted by atomic mass is 10.1. The van der Waals surface area contributed by atoms with Gasteiger partial charge in [-0.05, 0) is 55.5 Å². The van der Waals surface area contributed by atoms with Crippen molar-refractivity contribution in [2.45, 2.75) is 11.8 Å². The van der Waals surface area contributed by atoms with Gasteiger partial charge < -0.3 is 19.5 Å². The molecule has 0 unspecified atom stereocenters. The maximum Gasteiger partial charge on any atom is 0.341 e. The molecule has 9 nitrogen and oxygen atoms in total. The third-order valence-corrected chi connectivity index (χ3v) is 7.58. The Morgan fingerprint density at radius 3 is 2.55 bits per heavy atom. The predicted octanol–water partition coefficient (Wildman–Crippen LogP) is 4.64. The summed E-state index contributed by atoms with van der Waals surface area (Å²) in [6.07, 6.45) is 0. The van der Waals surface area contributed by atoms with Gasteiger partial charge in [0.2, 0.25) is 0 Å². The van der Waals surface area contributed by atoms with Crippen LogP contribution in [0.15, 0.2) is 53.4 Å². The van der Waals surface area contributed by atoms with Crippen molar-refractivity contribution in [3.8, 4) is 11.5 Å². The third kappa shape index (κ3) is 5.22. The largest absolute Gasteiger partial charge is 0.495 e. The van der Waals surface area contributed by atoms with Crippen LogP contribution in [0.2, 0.25) is 5.02 Å². The SMILES string of the molecule is CCOC(=O)c1ccc(NC(=O)c2cc(F)c3c(c2)N(S(=O)(=O)c2cc(Cl)ccc2OC)CCO3)cc1F. The number of anilines is 2. The standard InChI is InChI=1S/C25H21ClF2N2O7S/c1-3-36-25(32)17-6-5-16(13-18(17)27)29-24(31)14-10-19(28)23-20(11-14)30(8-9-37-23)38(33,34)22-12-15(26)4-7-21(22)35-2/h4-7,10-13H,3,8-9H2,1-2H3,(H,29,31). The van der Waals surface area contributed by atoms with Gasteiger partial charge in [0.05, 0.1) is 31.5 Å². The van der Waals surface area contributed by atoms with Crippen LogP contribution in [-0.4, -0.2) is 47.2 Å². The van der Waals surface area contributed by atoms with Crippen molar-refractivity contribution in [2.75, 3.05) is 36.5 Å². The summed E-state index contributed by atoms with van der Waals surface area (Å²) in [6, 6.07) is 9.36. The summed E-state index contributed by atoms with van der Waals surface area (Å²) in [5, 5.41) is 2.54. The summed E-state index contributed by atoms with van der Waals surface area (Å²) in [4.78, 5) is 24.5. The molecule has 0 saturated carbocycles. The number of nitrogens with one attached hydrogen (secondary N) is 1. The first-order chi connectivity index (χ1) is 18.1. The molecule has 13 heteroatoms. The minimum Gasteiger partial charge on any atom is -0.495 e. The lowest BCUT2D eigenvalue weighted by Crippen LogP contribution is -2.38. The van der Waals surface area contributed by atoms with Gasteiger partial charge in [-0.25, -0.2) is 22.0 Å². The summed E-state index contributed by atoms with van der Waals surface area (Å²) in [6.45, 7) is 1.30. The molecule has 1 aliphatic heterocycles. The zero-order chi connectivity index (χ0) is 27.6. The Morgan fingerprint density at radius 2 is 1.87 bits per heavy atom. The van der Waals surface area contributed by atoms with Crippen LogP contribution in [0.1, 0.15) is 27.6 Å². The van der Waals surface area contributed by atoms with Crippen LogP contribution >= 0.6 is 11.6 Å². The molecule has 1 N–H and O–H groups in total. The molecule has 1 aliphatic rings. The maximum absolute atomic E-state index is 15.0. The van der Waals surface area contributed by atoms with E-state index in [9.17, 15) is 26.8 Å². The van der Waals surface area contributed by atoms with Gasteiger partial charge in [0.25, 0.3) is 15.9 Å². The van der Waals surface area contributed by atoms with Crippen LogP contribution in [0.5, 0.6) is 11.5 Å². The molecule has 3 aromatic rings. The Hall–Kier alpha value is -3.90. The molecule has 0 radical (unpaired) electrons. The number of nitrogens with zero attached hydrogens (tertiary/aromatic N) is 1. The minimum absolute atomic E-state index is 0.0186. The number of carbonyl (C=O) groups excluding carboxylic acids is 2. The number of hydrogen-bond donors (Lipinski definition) is 1. The lowest BCUT2D eigenvalue weighted by Gasteiger charge is -2.31. The van der Waals surface area contributed by atoms with Gasteiger partial charge in [0.1, 0.15) is 23.1 Å². The van der Waals surface area contributed by atoms with Gasteiger partial charge in [-0.3, -0.25) is 9.10 Å². The lowest BCUT2D eigenvalue weighted by molar-refractivity contribution is 0.0521. The van der Waals surface area contributed by atoms with Crippen LogP contribution < -0.4 is 19.1 Å². The molecular weight excluding hydrogens is 546 g/mol. The average Bonchev–Trinajstić information content (AvgIpc) is 2.88. The van der Waals surface area contributed by atoms with Gasteiger partial charge in [-0.1, -0.05) is 11.6 Å². The highest BCUT2D eigenvalue weighted by Crippen LogP contribution is 2.40. The van der Waals surface area contributed by atoms with E-state index in [0.717, 1.165) is 28.6 Å². The first-order valence-electron chi connectivity index (χ1n) is 11.2. The molecule has 0 spiro atoms. The summed E-state index contributed by atoms with van der Waals surface area (Å²) >= 11 is 6.01. The molecule has 38 heavy (non-hydrogen) atoms. The zero-order valence-corrected chi connectivity index (χ0v) is 21.7. The molecule has 0 bridgehead atoms. The predicted molar refractivity (Wildman–Crippen MR) is 135 cm³/mol. The Kier molecular flexibility index (Phi) is 7.74. The fraction of sp³-hybridized carbons (Fsp3) is 0.200. The number of amides is 1. The van der Waals surface area contributed by atoms with E-state index in [1.807, 2.05) is 0 Å². The summed E-state index contributed by atoms with van der Waals surface area (Å²) < 4.78 is 72.7. The van der Waals surface area contributed by atoms with Crippen molar-refractivity contribution in [3.05, 3.63) is 76.3 Å². The minimum atomic E-state index is -4.33. The summed E-state index contributed by atoms with van der Waals surface area (Å²) in [5.74, 6) is -3.98. The van der Waals surface area contributed by atoms with E-state index < -0.39 is 33.5 Å². The Morgan fingerprint density at radius 1 is 1.11 bits per heavy atom. The molecule has 0 aromatic heterocycles. The molecule has 0 saturated heterocycles. The van der Waals surface area contributed by atoms with Crippen molar-refractivity contribution in [1.82, 2.24) is 0 Å². The third-order valence-electron chi connectivity index (χ3n) is 5.51. The number of sulfonamides is 1. The second-order valence-electron chi connectivity index (χ2n) is 7.90. The van der Waals surface area contributed by atoms with Crippen molar-refractivity contribution in [2.24, 2.45) is 0 Å². The van der Waals surface area contributed by atoms with E-state index in [4.69, 9.17) is 25.8 Å². The van der Waals surface area contributed by atoms with Gasteiger partial charge in [0.15, 0.2) is 11.6 Å². The molecule has 3 aromatic carbocycles. The van der Waals surface area contributed by atoms with Crippen molar-refractivity contribution < 1.29 is 41.0 Å². The van der Waals surface area contributed by atoms with Crippen molar-refractivity contribution >= 4 is 44.9 Å². The fourth-order valence-corrected chi connectivity index (χ4v) is 5.65. The first kappa shape index (κ1) is 27.1. The Balaban J connectivity index is 1.68. The highest BCUT2D eigenvalue weighted by molar-refractivity contribution is 7.93. The quantitative estimate of drug-likeness (QED) is 0.415. The first-order valence-corrected chi connectivity index (χ1v) is 13.0. The van der Waals surface area contributed by atoms with Gasteiger partial charge >= 0.3 is 5.97 Å². The van der Waals surface area contributed by atoms with Crippen molar-refractivity contribution in [1.29, 1.82) is 0 Å². The second kappa shape index (κ2) is 10.8. The molecule has 1 amide bonds. The van der Waals surface area contributed by atoms with E-state index >= 15 is 0 Å². The van der Waals surface area contributed by atoms with Gasteiger partial charge in [0, 0.05) is 16.3 Å². The molecule has 200 valence electrons. The number of halogens is 3. The highest BCUT2D eigenvalue weighted by atomic mass is 35.5. The van der Waals surface area contributed by atoms with Gasteiger partial charge in [-0.15, -0.1) is 0 Å². The number of ether oxygens (including phenoxy) is 3. The molecule has 0 fully saturated rings. The Bertz CT molecular complexity index is 1530. The van der Waals surface area contributed by atoms with Crippen LogP contribution in [0.3, 0.4) is 0 Å². The number of benzene rings is 3. The van der Waals surface area contributed by atoms with E-state index in [-0.39, 0.29) is 63.7 Å². The van der Waals surface area contributed by atoms with Crippen molar-refractivity contribution in [3.63, 3.8) is 0 Å². The number of hydrogen-bond acceptors (Lipinski definition) is 7. The summed E-state index contributed by atoms with van der Waals surface area (Å²) in [5.41, 5.74) is -0.825. The average molecular weight is 567 g/mol. The Labute approximate surface area is 221 Å². The smallest absolute Gasteiger partial charge is 0.341 e. The van der Waals surface area contributed by atoms with Crippen LogP contribution in [0.4, 0.5) is 20.2 Å². The maximum atomic E-state index is 15.0.